The summed E-state index contributed by atoms with van der Waals surface area (Å²) < 4.78 is 13.4. The Morgan fingerprint density at radius 2 is 1.95 bits per heavy atom. The molecule has 0 saturated carbocycles. The van der Waals surface area contributed by atoms with Gasteiger partial charge in [-0.1, -0.05) is 42.3 Å². The Kier molecular flexibility index (Phi) is 6.04. The average molecular weight is 326 g/mol. The highest BCUT2D eigenvalue weighted by Crippen LogP contribution is 2.26. The topological polar surface area (TPSA) is 12.0 Å². The zero-order valence-electron chi connectivity index (χ0n) is 11.9. The van der Waals surface area contributed by atoms with Gasteiger partial charge in [0.05, 0.1) is 0 Å². The summed E-state index contributed by atoms with van der Waals surface area (Å²) in [6, 6.07) is 12.2. The molecule has 1 nitrogen and oxygen atoms in total. The minimum atomic E-state index is -0.269. The number of hydrogen-bond donors (Lipinski definition) is 1. The molecule has 112 valence electrons. The molecule has 0 spiro atoms. The molecule has 0 saturated heterocycles. The van der Waals surface area contributed by atoms with E-state index in [4.69, 9.17) is 23.2 Å². The summed E-state index contributed by atoms with van der Waals surface area (Å²) in [6.07, 6.45) is 1.64. The maximum absolute atomic E-state index is 13.4. The molecule has 0 bridgehead atoms. The van der Waals surface area contributed by atoms with Crippen molar-refractivity contribution >= 4 is 23.2 Å². The van der Waals surface area contributed by atoms with Crippen LogP contribution in [0.3, 0.4) is 0 Å². The lowest BCUT2D eigenvalue weighted by Crippen LogP contribution is -2.24. The first-order valence-electron chi connectivity index (χ1n) is 7.03. The summed E-state index contributed by atoms with van der Waals surface area (Å²) in [5.74, 6) is -0.269. The van der Waals surface area contributed by atoms with E-state index in [1.807, 2.05) is 24.3 Å². The van der Waals surface area contributed by atoms with Gasteiger partial charge in [-0.2, -0.15) is 0 Å². The number of hydrogen-bond acceptors (Lipinski definition) is 1. The maximum Gasteiger partial charge on any atom is 0.123 e. The summed E-state index contributed by atoms with van der Waals surface area (Å²) in [7, 11) is 0. The number of rotatable bonds is 6. The first-order valence-corrected chi connectivity index (χ1v) is 7.78. The molecule has 2 aromatic carbocycles. The number of halogens is 3. The van der Waals surface area contributed by atoms with Gasteiger partial charge in [-0.25, -0.2) is 4.39 Å². The van der Waals surface area contributed by atoms with Crippen LogP contribution in [0.2, 0.25) is 10.0 Å². The highest BCUT2D eigenvalue weighted by atomic mass is 35.5. The van der Waals surface area contributed by atoms with Gasteiger partial charge >= 0.3 is 0 Å². The Hall–Kier alpha value is -1.09. The third kappa shape index (κ3) is 4.70. The quantitative estimate of drug-likeness (QED) is 0.748. The van der Waals surface area contributed by atoms with Crippen LogP contribution in [0.1, 0.15) is 30.5 Å². The maximum atomic E-state index is 13.4. The molecule has 4 heteroatoms. The second-order valence-electron chi connectivity index (χ2n) is 5.00. The molecule has 0 aliphatic carbocycles. The van der Waals surface area contributed by atoms with Gasteiger partial charge in [-0.15, -0.1) is 0 Å². The van der Waals surface area contributed by atoms with Gasteiger partial charge in [0, 0.05) is 16.1 Å². The van der Waals surface area contributed by atoms with Gasteiger partial charge in [0.15, 0.2) is 0 Å². The average Bonchev–Trinajstić information content (AvgIpc) is 2.47. The van der Waals surface area contributed by atoms with Gasteiger partial charge < -0.3 is 5.32 Å². The fourth-order valence-corrected chi connectivity index (χ4v) is 2.66. The molecule has 0 heterocycles. The first kappa shape index (κ1) is 16.3. The van der Waals surface area contributed by atoms with Crippen molar-refractivity contribution in [3.05, 3.63) is 69.5 Å². The molecule has 1 atom stereocenters. The van der Waals surface area contributed by atoms with Crippen LogP contribution in [0.25, 0.3) is 0 Å². The molecule has 2 rings (SSSR count). The van der Waals surface area contributed by atoms with Crippen molar-refractivity contribution in [3.63, 3.8) is 0 Å². The molecule has 0 aliphatic rings. The van der Waals surface area contributed by atoms with E-state index in [9.17, 15) is 4.39 Å². The molecule has 0 radical (unpaired) electrons. The van der Waals surface area contributed by atoms with Crippen molar-refractivity contribution in [2.24, 2.45) is 0 Å². The van der Waals surface area contributed by atoms with E-state index in [-0.39, 0.29) is 11.9 Å². The van der Waals surface area contributed by atoms with Crippen LogP contribution in [0.15, 0.2) is 42.5 Å². The van der Waals surface area contributed by atoms with Crippen LogP contribution >= 0.6 is 23.2 Å². The number of nitrogens with one attached hydrogen (secondary N) is 1. The Bertz CT molecular complexity index is 601. The molecule has 0 fully saturated rings. The first-order chi connectivity index (χ1) is 10.1. The molecular weight excluding hydrogens is 308 g/mol. The second kappa shape index (κ2) is 7.79. The largest absolute Gasteiger partial charge is 0.310 e. The van der Waals surface area contributed by atoms with E-state index in [1.54, 1.807) is 6.07 Å². The van der Waals surface area contributed by atoms with Crippen LogP contribution in [0.5, 0.6) is 0 Å². The van der Waals surface area contributed by atoms with Crippen LogP contribution in [-0.2, 0) is 6.42 Å². The molecule has 1 unspecified atom stereocenters. The molecule has 21 heavy (non-hydrogen) atoms. The van der Waals surface area contributed by atoms with Gasteiger partial charge in [-0.3, -0.25) is 0 Å². The van der Waals surface area contributed by atoms with E-state index in [0.717, 1.165) is 24.1 Å². The molecule has 0 amide bonds. The second-order valence-corrected chi connectivity index (χ2v) is 5.85. The van der Waals surface area contributed by atoms with Crippen molar-refractivity contribution in [1.29, 1.82) is 0 Å². The Labute approximate surface area is 135 Å². The molecular formula is C17H18Cl2FN. The lowest BCUT2D eigenvalue weighted by atomic mass is 9.98. The minimum Gasteiger partial charge on any atom is -0.310 e. The zero-order valence-corrected chi connectivity index (χ0v) is 13.4. The fraction of sp³-hybridized carbons (Fsp3) is 0.294. The van der Waals surface area contributed by atoms with Crippen molar-refractivity contribution in [1.82, 2.24) is 5.32 Å². The lowest BCUT2D eigenvalue weighted by molar-refractivity contribution is 0.527. The van der Waals surface area contributed by atoms with E-state index in [1.165, 1.54) is 12.1 Å². The Morgan fingerprint density at radius 1 is 1.14 bits per heavy atom. The summed E-state index contributed by atoms with van der Waals surface area (Å²) in [5, 5.41) is 4.75. The van der Waals surface area contributed by atoms with Crippen LogP contribution in [-0.4, -0.2) is 6.54 Å². The third-order valence-electron chi connectivity index (χ3n) is 3.32. The highest BCUT2D eigenvalue weighted by molar-refractivity contribution is 6.31. The Morgan fingerprint density at radius 3 is 2.67 bits per heavy atom. The van der Waals surface area contributed by atoms with Crippen molar-refractivity contribution in [2.45, 2.75) is 25.8 Å². The van der Waals surface area contributed by atoms with Gasteiger partial charge in [0.25, 0.3) is 0 Å². The predicted molar refractivity (Wildman–Crippen MR) is 87.6 cm³/mol. The summed E-state index contributed by atoms with van der Waals surface area (Å²) in [5.41, 5.74) is 1.88. The minimum absolute atomic E-state index is 0.0583. The van der Waals surface area contributed by atoms with E-state index < -0.39 is 0 Å². The van der Waals surface area contributed by atoms with Gasteiger partial charge in [-0.05, 0) is 60.8 Å². The Balaban J connectivity index is 2.25. The van der Waals surface area contributed by atoms with Crippen LogP contribution in [0.4, 0.5) is 4.39 Å². The van der Waals surface area contributed by atoms with Crippen molar-refractivity contribution in [3.8, 4) is 0 Å². The van der Waals surface area contributed by atoms with Crippen LogP contribution < -0.4 is 5.32 Å². The molecule has 0 aliphatic heterocycles. The normalized spacial score (nSPS) is 12.4. The highest BCUT2D eigenvalue weighted by Gasteiger charge is 2.14. The van der Waals surface area contributed by atoms with Gasteiger partial charge in [0.2, 0.25) is 0 Å². The monoisotopic (exact) mass is 325 g/mol. The smallest absolute Gasteiger partial charge is 0.123 e. The zero-order chi connectivity index (χ0) is 15.2. The molecule has 2 aromatic rings. The molecule has 0 aromatic heterocycles. The van der Waals surface area contributed by atoms with Crippen molar-refractivity contribution in [2.75, 3.05) is 6.54 Å². The summed E-state index contributed by atoms with van der Waals surface area (Å²) in [6.45, 7) is 2.99. The van der Waals surface area contributed by atoms with Gasteiger partial charge in [0.1, 0.15) is 5.82 Å². The fourth-order valence-electron chi connectivity index (χ4n) is 2.27. The van der Waals surface area contributed by atoms with Crippen LogP contribution in [0, 0.1) is 5.82 Å². The third-order valence-corrected chi connectivity index (χ3v) is 3.93. The van der Waals surface area contributed by atoms with Crippen molar-refractivity contribution < 1.29 is 4.39 Å². The SMILES string of the molecule is CCCNC(Cc1cc(F)ccc1Cl)c1cccc(Cl)c1. The van der Waals surface area contributed by atoms with E-state index in [2.05, 4.69) is 12.2 Å². The summed E-state index contributed by atoms with van der Waals surface area (Å²) >= 11 is 12.2. The predicted octanol–water partition coefficient (Wildman–Crippen LogP) is 5.42. The summed E-state index contributed by atoms with van der Waals surface area (Å²) in [4.78, 5) is 0. The molecule has 1 N–H and O–H groups in total. The lowest BCUT2D eigenvalue weighted by Gasteiger charge is -2.20. The number of benzene rings is 2. The van der Waals surface area contributed by atoms with E-state index >= 15 is 0 Å². The van der Waals surface area contributed by atoms with E-state index in [0.29, 0.717) is 16.5 Å². The standard InChI is InChI=1S/C17H18Cl2FN/c1-2-8-21-17(12-4-3-5-14(18)9-12)11-13-10-15(20)6-7-16(13)19/h3-7,9-10,17,21H,2,8,11H2,1H3.